The molecule has 8 nitrogen and oxygen atoms in total. The highest BCUT2D eigenvalue weighted by Crippen LogP contribution is 2.40. The molecule has 1 amide bonds. The molecule has 0 spiro atoms. The van der Waals surface area contributed by atoms with Crippen LogP contribution in [0, 0.1) is 0 Å². The molecule has 1 aliphatic rings. The monoisotopic (exact) mass is 426 g/mol. The third-order valence-corrected chi connectivity index (χ3v) is 5.39. The number of methoxy groups -OCH3 is 2. The van der Waals surface area contributed by atoms with Gasteiger partial charge in [0, 0.05) is 17.0 Å². The van der Waals surface area contributed by atoms with Gasteiger partial charge in [0.1, 0.15) is 10.7 Å². The molecule has 3 aromatic rings. The molecule has 0 fully saturated rings. The van der Waals surface area contributed by atoms with E-state index in [2.05, 4.69) is 10.3 Å². The second kappa shape index (κ2) is 8.03. The van der Waals surface area contributed by atoms with Crippen LogP contribution in [0.3, 0.4) is 0 Å². The van der Waals surface area contributed by atoms with E-state index in [9.17, 15) is 9.59 Å². The number of para-hydroxylation sites is 1. The molecule has 0 saturated heterocycles. The molecule has 1 aliphatic heterocycles. The van der Waals surface area contributed by atoms with Gasteiger partial charge in [0.15, 0.2) is 28.8 Å². The Morgan fingerprint density at radius 1 is 1.13 bits per heavy atom. The van der Waals surface area contributed by atoms with Crippen LogP contribution < -0.4 is 24.3 Å². The number of anilines is 1. The molecule has 0 saturated carbocycles. The van der Waals surface area contributed by atoms with Crippen LogP contribution in [-0.2, 0) is 0 Å². The van der Waals surface area contributed by atoms with Crippen LogP contribution in [0.1, 0.15) is 27.8 Å². The summed E-state index contributed by atoms with van der Waals surface area (Å²) in [6.45, 7) is 1.49. The van der Waals surface area contributed by atoms with E-state index < -0.39 is 5.91 Å². The Bertz CT molecular complexity index is 1140. The first-order valence-corrected chi connectivity index (χ1v) is 9.82. The Balaban J connectivity index is 1.63. The van der Waals surface area contributed by atoms with Crippen molar-refractivity contribution in [2.75, 3.05) is 26.3 Å². The first-order chi connectivity index (χ1) is 14.5. The summed E-state index contributed by atoms with van der Waals surface area (Å²) >= 11 is 1.30. The topological polar surface area (TPSA) is 96.0 Å². The Labute approximate surface area is 176 Å². The van der Waals surface area contributed by atoms with E-state index >= 15 is 0 Å². The third kappa shape index (κ3) is 3.55. The number of amides is 1. The van der Waals surface area contributed by atoms with Gasteiger partial charge in [-0.2, -0.15) is 0 Å². The molecule has 4 rings (SSSR count). The minimum Gasteiger partial charge on any atom is -0.493 e. The lowest BCUT2D eigenvalue weighted by atomic mass is 10.1. The molecule has 2 aromatic carbocycles. The molecule has 0 unspecified atom stereocenters. The quantitative estimate of drug-likeness (QED) is 0.595. The predicted octanol–water partition coefficient (Wildman–Crippen LogP) is 4.01. The Morgan fingerprint density at radius 3 is 2.60 bits per heavy atom. The molecule has 1 aromatic heterocycles. The largest absolute Gasteiger partial charge is 0.493 e. The predicted molar refractivity (Wildman–Crippen MR) is 111 cm³/mol. The van der Waals surface area contributed by atoms with Crippen LogP contribution in [0.4, 0.5) is 5.69 Å². The zero-order valence-electron chi connectivity index (χ0n) is 16.5. The van der Waals surface area contributed by atoms with Crippen molar-refractivity contribution >= 4 is 28.7 Å². The van der Waals surface area contributed by atoms with E-state index in [1.165, 1.54) is 18.3 Å². The first-order valence-electron chi connectivity index (χ1n) is 8.94. The summed E-state index contributed by atoms with van der Waals surface area (Å²) in [6.07, 6.45) is 0. The first kappa shape index (κ1) is 19.7. The number of nitrogens with zero attached hydrogens (tertiary/aromatic N) is 1. The van der Waals surface area contributed by atoms with Gasteiger partial charge in [-0.15, -0.1) is 11.3 Å². The summed E-state index contributed by atoms with van der Waals surface area (Å²) < 4.78 is 21.4. The van der Waals surface area contributed by atoms with E-state index in [4.69, 9.17) is 18.9 Å². The minimum absolute atomic E-state index is 0.0713. The molecule has 0 bridgehead atoms. The number of nitrogens with one attached hydrogen (secondary N) is 1. The van der Waals surface area contributed by atoms with E-state index in [1.54, 1.807) is 37.8 Å². The second-order valence-electron chi connectivity index (χ2n) is 6.34. The van der Waals surface area contributed by atoms with Crippen LogP contribution in [0.25, 0.3) is 10.6 Å². The number of aromatic nitrogens is 1. The number of ether oxygens (including phenoxy) is 4. The molecule has 2 heterocycles. The highest BCUT2D eigenvalue weighted by Gasteiger charge is 2.22. The number of hydrogen-bond acceptors (Lipinski definition) is 8. The second-order valence-corrected chi connectivity index (χ2v) is 7.20. The van der Waals surface area contributed by atoms with Crippen LogP contribution in [0.5, 0.6) is 23.0 Å². The summed E-state index contributed by atoms with van der Waals surface area (Å²) in [7, 11) is 3.10. The van der Waals surface area contributed by atoms with Gasteiger partial charge in [-0.25, -0.2) is 4.98 Å². The molecular weight excluding hydrogens is 408 g/mol. The van der Waals surface area contributed by atoms with Gasteiger partial charge in [-0.1, -0.05) is 6.07 Å². The lowest BCUT2D eigenvalue weighted by molar-refractivity contribution is 0.101. The number of rotatable bonds is 6. The van der Waals surface area contributed by atoms with Gasteiger partial charge >= 0.3 is 0 Å². The van der Waals surface area contributed by atoms with E-state index in [1.807, 2.05) is 12.1 Å². The molecular formula is C21H18N2O6S. The van der Waals surface area contributed by atoms with Crippen molar-refractivity contribution in [1.29, 1.82) is 0 Å². The van der Waals surface area contributed by atoms with Gasteiger partial charge in [0.25, 0.3) is 5.91 Å². The van der Waals surface area contributed by atoms with Gasteiger partial charge in [0.05, 0.1) is 25.5 Å². The number of carbonyl (C=O) groups is 2. The number of benzene rings is 2. The average molecular weight is 426 g/mol. The Kier molecular flexibility index (Phi) is 5.28. The van der Waals surface area contributed by atoms with Crippen LogP contribution in [0.15, 0.2) is 35.7 Å². The standard InChI is InChI=1S/C21H18N2O6S/c1-11(24)13-7-17-18(29-10-28-17)8-14(13)22-20(25)15-9-30-21(23-15)12-5-4-6-16(26-2)19(12)27-3/h4-9H,10H2,1-3H3,(H,22,25). The third-order valence-electron chi connectivity index (χ3n) is 4.51. The van der Waals surface area contributed by atoms with Crippen molar-refractivity contribution in [3.8, 4) is 33.6 Å². The van der Waals surface area contributed by atoms with E-state index in [0.717, 1.165) is 0 Å². The van der Waals surface area contributed by atoms with Crippen molar-refractivity contribution in [2.45, 2.75) is 6.92 Å². The van der Waals surface area contributed by atoms with Gasteiger partial charge < -0.3 is 24.3 Å². The lowest BCUT2D eigenvalue weighted by Crippen LogP contribution is -2.14. The highest BCUT2D eigenvalue weighted by molar-refractivity contribution is 7.13. The van der Waals surface area contributed by atoms with Crippen molar-refractivity contribution in [2.24, 2.45) is 0 Å². The zero-order valence-corrected chi connectivity index (χ0v) is 17.3. The van der Waals surface area contributed by atoms with Crippen LogP contribution in [0.2, 0.25) is 0 Å². The maximum absolute atomic E-state index is 12.8. The SMILES string of the molecule is COc1cccc(-c2nc(C(=O)Nc3cc4c(cc3C(C)=O)OCO4)cs2)c1OC. The number of thiazole rings is 1. The van der Waals surface area contributed by atoms with Gasteiger partial charge in [0.2, 0.25) is 6.79 Å². The number of fused-ring (bicyclic) bond motifs is 1. The Hall–Kier alpha value is -3.59. The summed E-state index contributed by atoms with van der Waals surface area (Å²) in [6, 6.07) is 8.59. The summed E-state index contributed by atoms with van der Waals surface area (Å²) in [5, 5.41) is 4.99. The van der Waals surface area contributed by atoms with E-state index in [0.29, 0.717) is 44.8 Å². The number of ketones is 1. The van der Waals surface area contributed by atoms with Crippen LogP contribution in [-0.4, -0.2) is 37.7 Å². The average Bonchev–Trinajstić information content (AvgIpc) is 3.41. The fourth-order valence-corrected chi connectivity index (χ4v) is 3.90. The number of hydrogen-bond donors (Lipinski definition) is 1. The zero-order chi connectivity index (χ0) is 21.3. The molecule has 154 valence electrons. The minimum atomic E-state index is -0.444. The van der Waals surface area contributed by atoms with Crippen molar-refractivity contribution in [3.05, 3.63) is 47.0 Å². The maximum Gasteiger partial charge on any atom is 0.275 e. The fraction of sp³-hybridized carbons (Fsp3) is 0.190. The number of Topliss-reactive ketones (excluding diaryl/α,β-unsaturated/α-hetero) is 1. The molecule has 0 atom stereocenters. The van der Waals surface area contributed by atoms with Gasteiger partial charge in [-0.05, 0) is 25.1 Å². The summed E-state index contributed by atoms with van der Waals surface area (Å²) in [4.78, 5) is 29.3. The smallest absolute Gasteiger partial charge is 0.275 e. The Morgan fingerprint density at radius 2 is 1.90 bits per heavy atom. The van der Waals surface area contributed by atoms with Gasteiger partial charge in [-0.3, -0.25) is 9.59 Å². The molecule has 0 aliphatic carbocycles. The van der Waals surface area contributed by atoms with Crippen molar-refractivity contribution in [3.63, 3.8) is 0 Å². The normalized spacial score (nSPS) is 11.8. The van der Waals surface area contributed by atoms with Crippen molar-refractivity contribution < 1.29 is 28.5 Å². The summed E-state index contributed by atoms with van der Waals surface area (Å²) in [5.74, 6) is 1.40. The lowest BCUT2D eigenvalue weighted by Gasteiger charge is -2.11. The van der Waals surface area contributed by atoms with Crippen molar-refractivity contribution in [1.82, 2.24) is 4.98 Å². The van der Waals surface area contributed by atoms with E-state index in [-0.39, 0.29) is 18.3 Å². The van der Waals surface area contributed by atoms with Crippen LogP contribution >= 0.6 is 11.3 Å². The maximum atomic E-state index is 12.8. The fourth-order valence-electron chi connectivity index (χ4n) is 3.08. The molecule has 9 heteroatoms. The number of carbonyl (C=O) groups excluding carboxylic acids is 2. The summed E-state index contributed by atoms with van der Waals surface area (Å²) in [5.41, 5.74) is 1.60. The molecule has 1 N–H and O–H groups in total. The highest BCUT2D eigenvalue weighted by atomic mass is 32.1. The molecule has 30 heavy (non-hydrogen) atoms. The molecule has 0 radical (unpaired) electrons.